The highest BCUT2D eigenvalue weighted by Gasteiger charge is 2.33. The first-order chi connectivity index (χ1) is 12.7. The number of rotatable bonds is 4. The number of carbonyl (C=O) groups excluding carboxylic acids is 1. The minimum absolute atomic E-state index is 0.0680. The Morgan fingerprint density at radius 3 is 2.54 bits per heavy atom. The quantitative estimate of drug-likeness (QED) is 0.759. The van der Waals surface area contributed by atoms with Crippen LogP contribution in [0.3, 0.4) is 0 Å². The van der Waals surface area contributed by atoms with Crippen molar-refractivity contribution in [2.45, 2.75) is 0 Å². The van der Waals surface area contributed by atoms with Crippen molar-refractivity contribution in [3.8, 4) is 11.3 Å². The van der Waals surface area contributed by atoms with Gasteiger partial charge in [0.05, 0.1) is 17.3 Å². The van der Waals surface area contributed by atoms with Crippen LogP contribution in [0.5, 0.6) is 0 Å². The molecule has 0 radical (unpaired) electrons. The summed E-state index contributed by atoms with van der Waals surface area (Å²) in [4.78, 5) is 23.4. The second-order valence-corrected chi connectivity index (χ2v) is 6.28. The summed E-state index contributed by atoms with van der Waals surface area (Å²) in [6.07, 6.45) is 1.75. The molecule has 6 heteroatoms. The van der Waals surface area contributed by atoms with E-state index in [1.807, 2.05) is 54.6 Å². The van der Waals surface area contributed by atoms with E-state index in [2.05, 4.69) is 20.2 Å². The van der Waals surface area contributed by atoms with E-state index in [1.165, 1.54) is 0 Å². The second kappa shape index (κ2) is 6.84. The van der Waals surface area contributed by atoms with Crippen LogP contribution in [0.25, 0.3) is 11.3 Å². The van der Waals surface area contributed by atoms with Gasteiger partial charge in [-0.1, -0.05) is 36.4 Å². The highest BCUT2D eigenvalue weighted by atomic mass is 16.2. The third-order valence-corrected chi connectivity index (χ3v) is 4.46. The van der Waals surface area contributed by atoms with Crippen molar-refractivity contribution >= 4 is 23.2 Å². The van der Waals surface area contributed by atoms with Crippen LogP contribution in [0, 0.1) is 5.92 Å². The van der Waals surface area contributed by atoms with Crippen molar-refractivity contribution < 1.29 is 4.79 Å². The van der Waals surface area contributed by atoms with Crippen molar-refractivity contribution in [3.63, 3.8) is 0 Å². The van der Waals surface area contributed by atoms with Gasteiger partial charge in [-0.05, 0) is 24.3 Å². The van der Waals surface area contributed by atoms with Crippen LogP contribution < -0.4 is 16.0 Å². The molecule has 3 heterocycles. The molecule has 1 amide bonds. The molecule has 0 saturated carbocycles. The van der Waals surface area contributed by atoms with E-state index in [9.17, 15) is 4.79 Å². The van der Waals surface area contributed by atoms with Gasteiger partial charge in [-0.2, -0.15) is 0 Å². The summed E-state index contributed by atoms with van der Waals surface area (Å²) >= 11 is 0. The van der Waals surface area contributed by atoms with Gasteiger partial charge in [0.1, 0.15) is 5.82 Å². The number of pyridine rings is 2. The summed E-state index contributed by atoms with van der Waals surface area (Å²) in [7, 11) is 0. The second-order valence-electron chi connectivity index (χ2n) is 6.28. The third-order valence-electron chi connectivity index (χ3n) is 4.46. The lowest BCUT2D eigenvalue weighted by atomic mass is 9.99. The zero-order chi connectivity index (χ0) is 17.9. The summed E-state index contributed by atoms with van der Waals surface area (Å²) in [5, 5.41) is 2.87. The van der Waals surface area contributed by atoms with Gasteiger partial charge in [0.25, 0.3) is 0 Å². The molecule has 1 saturated heterocycles. The minimum atomic E-state index is -0.0985. The maximum atomic E-state index is 12.5. The molecule has 0 spiro atoms. The summed E-state index contributed by atoms with van der Waals surface area (Å²) in [5.74, 6) is 1.13. The Bertz CT molecular complexity index is 908. The Labute approximate surface area is 151 Å². The minimum Gasteiger partial charge on any atom is -0.396 e. The van der Waals surface area contributed by atoms with E-state index in [0.717, 1.165) is 17.1 Å². The van der Waals surface area contributed by atoms with Gasteiger partial charge in [0, 0.05) is 24.8 Å². The highest BCUT2D eigenvalue weighted by molar-refractivity contribution is 5.96. The van der Waals surface area contributed by atoms with E-state index >= 15 is 0 Å². The first kappa shape index (κ1) is 16.1. The number of nitrogens with zero attached hydrogens (tertiary/aromatic N) is 3. The molecule has 2 aromatic heterocycles. The molecule has 1 aromatic carbocycles. The fourth-order valence-electron chi connectivity index (χ4n) is 2.93. The van der Waals surface area contributed by atoms with Gasteiger partial charge >= 0.3 is 0 Å². The number of amides is 1. The lowest BCUT2D eigenvalue weighted by Crippen LogP contribution is -2.52. The van der Waals surface area contributed by atoms with Gasteiger partial charge in [-0.3, -0.25) is 4.79 Å². The zero-order valence-electron chi connectivity index (χ0n) is 14.2. The smallest absolute Gasteiger partial charge is 0.232 e. The molecular formula is C20H19N5O. The average Bonchev–Trinajstić information content (AvgIpc) is 2.64. The molecule has 1 fully saturated rings. The molecule has 1 aliphatic rings. The Balaban J connectivity index is 1.44. The number of anilines is 3. The number of benzene rings is 1. The van der Waals surface area contributed by atoms with Crippen LogP contribution >= 0.6 is 0 Å². The largest absolute Gasteiger partial charge is 0.396 e. The number of aromatic nitrogens is 2. The number of carbonyl (C=O) groups is 1. The van der Waals surface area contributed by atoms with E-state index in [-0.39, 0.29) is 11.8 Å². The van der Waals surface area contributed by atoms with Gasteiger partial charge in [-0.15, -0.1) is 0 Å². The van der Waals surface area contributed by atoms with Crippen LogP contribution in [0.2, 0.25) is 0 Å². The number of hydrogen-bond donors (Lipinski definition) is 2. The number of hydrogen-bond acceptors (Lipinski definition) is 5. The van der Waals surface area contributed by atoms with Gasteiger partial charge in [0.2, 0.25) is 5.91 Å². The van der Waals surface area contributed by atoms with Gasteiger partial charge in [0.15, 0.2) is 5.82 Å². The average molecular weight is 345 g/mol. The normalized spacial score (nSPS) is 13.9. The monoisotopic (exact) mass is 345 g/mol. The van der Waals surface area contributed by atoms with Crippen molar-refractivity contribution in [1.29, 1.82) is 0 Å². The Kier molecular flexibility index (Phi) is 4.23. The fraction of sp³-hybridized carbons (Fsp3) is 0.150. The third kappa shape index (κ3) is 3.21. The van der Waals surface area contributed by atoms with Crippen molar-refractivity contribution in [1.82, 2.24) is 9.97 Å². The number of nitrogens with one attached hydrogen (secondary N) is 1. The van der Waals surface area contributed by atoms with Crippen LogP contribution in [0.4, 0.5) is 17.3 Å². The summed E-state index contributed by atoms with van der Waals surface area (Å²) in [6, 6.07) is 19.2. The molecule has 3 N–H and O–H groups in total. The van der Waals surface area contributed by atoms with E-state index in [4.69, 9.17) is 5.73 Å². The molecule has 4 rings (SSSR count). The molecule has 1 aliphatic heterocycles. The molecule has 0 unspecified atom stereocenters. The maximum Gasteiger partial charge on any atom is 0.232 e. The molecule has 3 aromatic rings. The Morgan fingerprint density at radius 2 is 1.81 bits per heavy atom. The molecule has 130 valence electrons. The van der Waals surface area contributed by atoms with Crippen molar-refractivity contribution in [3.05, 3.63) is 66.9 Å². The van der Waals surface area contributed by atoms with Crippen LogP contribution in [-0.2, 0) is 4.79 Å². The number of nitrogen functional groups attached to an aromatic ring is 1. The Hall–Kier alpha value is -3.41. The lowest BCUT2D eigenvalue weighted by Gasteiger charge is -2.39. The van der Waals surface area contributed by atoms with Crippen LogP contribution in [0.1, 0.15) is 0 Å². The molecule has 6 nitrogen and oxygen atoms in total. The predicted molar refractivity (Wildman–Crippen MR) is 103 cm³/mol. The standard InChI is InChI=1S/C20H19N5O/c21-16-9-10-17(14-6-2-1-3-7-14)23-19(16)24-20(26)15-12-25(13-15)18-8-4-5-11-22-18/h1-11,15H,12-13,21H2,(H,23,24,26). The fourth-order valence-corrected chi connectivity index (χ4v) is 2.93. The molecule has 26 heavy (non-hydrogen) atoms. The highest BCUT2D eigenvalue weighted by Crippen LogP contribution is 2.26. The molecule has 0 bridgehead atoms. The van der Waals surface area contributed by atoms with Crippen LogP contribution in [0.15, 0.2) is 66.9 Å². The summed E-state index contributed by atoms with van der Waals surface area (Å²) in [5.41, 5.74) is 8.21. The maximum absolute atomic E-state index is 12.5. The SMILES string of the molecule is Nc1ccc(-c2ccccc2)nc1NC(=O)C1CN(c2ccccn2)C1. The molecule has 0 atom stereocenters. The van der Waals surface area contributed by atoms with E-state index in [0.29, 0.717) is 24.6 Å². The summed E-state index contributed by atoms with van der Waals surface area (Å²) < 4.78 is 0. The van der Waals surface area contributed by atoms with Crippen LogP contribution in [-0.4, -0.2) is 29.0 Å². The van der Waals surface area contributed by atoms with Crippen molar-refractivity contribution in [2.24, 2.45) is 5.92 Å². The lowest BCUT2D eigenvalue weighted by molar-refractivity contribution is -0.120. The summed E-state index contributed by atoms with van der Waals surface area (Å²) in [6.45, 7) is 1.28. The first-order valence-electron chi connectivity index (χ1n) is 8.49. The van der Waals surface area contributed by atoms with Gasteiger partial charge in [-0.25, -0.2) is 9.97 Å². The topological polar surface area (TPSA) is 84.1 Å². The zero-order valence-corrected chi connectivity index (χ0v) is 14.2. The molecular weight excluding hydrogens is 326 g/mol. The molecule has 0 aliphatic carbocycles. The predicted octanol–water partition coefficient (Wildman–Crippen LogP) is 2.80. The van der Waals surface area contributed by atoms with Crippen molar-refractivity contribution in [2.75, 3.05) is 29.0 Å². The first-order valence-corrected chi connectivity index (χ1v) is 8.49. The number of nitrogens with two attached hydrogens (primary N) is 1. The van der Waals surface area contributed by atoms with E-state index in [1.54, 1.807) is 12.3 Å². The Morgan fingerprint density at radius 1 is 1.04 bits per heavy atom. The van der Waals surface area contributed by atoms with Gasteiger partial charge < -0.3 is 16.0 Å². The van der Waals surface area contributed by atoms with E-state index < -0.39 is 0 Å².